The Morgan fingerprint density at radius 2 is 1.73 bits per heavy atom. The molecule has 3 rings (SSSR count). The summed E-state index contributed by atoms with van der Waals surface area (Å²) in [5.74, 6) is 2.05. The lowest BCUT2D eigenvalue weighted by Crippen LogP contribution is -2.39. The van der Waals surface area contributed by atoms with Gasteiger partial charge in [0, 0.05) is 32.0 Å². The van der Waals surface area contributed by atoms with Crippen LogP contribution in [0, 0.1) is 5.92 Å². The molecule has 1 aromatic heterocycles. The number of carbonyl (C=O) groups excluding carboxylic acids is 1. The molecule has 26 heavy (non-hydrogen) atoms. The van der Waals surface area contributed by atoms with E-state index in [1.165, 1.54) is 0 Å². The zero-order valence-corrected chi connectivity index (χ0v) is 15.1. The molecule has 1 saturated heterocycles. The maximum atomic E-state index is 12.6. The van der Waals surface area contributed by atoms with Crippen molar-refractivity contribution < 1.29 is 14.3 Å². The van der Waals surface area contributed by atoms with E-state index in [-0.39, 0.29) is 5.91 Å². The molecular formula is C19H24N4O3. The minimum absolute atomic E-state index is 0.173. The maximum Gasteiger partial charge on any atom is 0.258 e. The Bertz CT molecular complexity index is 709. The normalized spacial score (nSPS) is 14.8. The standard InChI is InChI=1S/C19H24N4O3/c1-25-15-5-3-6-16(26-2)17(15)18(24)22-13-14-7-11-23(12-8-14)19-20-9-4-10-21-19/h3-6,9-10,14H,7-8,11-13H2,1-2H3,(H,22,24). The van der Waals surface area contributed by atoms with E-state index in [0.717, 1.165) is 31.9 Å². The topological polar surface area (TPSA) is 76.6 Å². The van der Waals surface area contributed by atoms with Gasteiger partial charge in [-0.25, -0.2) is 9.97 Å². The molecule has 0 bridgehead atoms. The first-order chi connectivity index (χ1) is 12.7. The van der Waals surface area contributed by atoms with Crippen molar-refractivity contribution in [3.63, 3.8) is 0 Å². The fraction of sp³-hybridized carbons (Fsp3) is 0.421. The van der Waals surface area contributed by atoms with Gasteiger partial charge < -0.3 is 19.7 Å². The molecule has 1 fully saturated rings. The SMILES string of the molecule is COc1cccc(OC)c1C(=O)NCC1CCN(c2ncccn2)CC1. The van der Waals surface area contributed by atoms with Gasteiger partial charge in [0.2, 0.25) is 5.95 Å². The van der Waals surface area contributed by atoms with Crippen molar-refractivity contribution in [1.82, 2.24) is 15.3 Å². The van der Waals surface area contributed by atoms with E-state index in [1.807, 2.05) is 6.07 Å². The van der Waals surface area contributed by atoms with Gasteiger partial charge in [-0.1, -0.05) is 6.07 Å². The Balaban J connectivity index is 1.55. The number of ether oxygens (including phenoxy) is 2. The van der Waals surface area contributed by atoms with E-state index >= 15 is 0 Å². The molecule has 7 nitrogen and oxygen atoms in total. The first kappa shape index (κ1) is 18.0. The van der Waals surface area contributed by atoms with Crippen molar-refractivity contribution in [2.75, 3.05) is 38.8 Å². The van der Waals surface area contributed by atoms with Crippen LogP contribution in [0.25, 0.3) is 0 Å². The number of nitrogens with one attached hydrogen (secondary N) is 1. The zero-order valence-electron chi connectivity index (χ0n) is 15.1. The second-order valence-electron chi connectivity index (χ2n) is 6.23. The molecule has 7 heteroatoms. The quantitative estimate of drug-likeness (QED) is 0.855. The summed E-state index contributed by atoms with van der Waals surface area (Å²) in [4.78, 5) is 23.4. The fourth-order valence-electron chi connectivity index (χ4n) is 3.19. The van der Waals surface area contributed by atoms with Crippen LogP contribution in [0.2, 0.25) is 0 Å². The van der Waals surface area contributed by atoms with Crippen molar-refractivity contribution in [3.8, 4) is 11.5 Å². The van der Waals surface area contributed by atoms with E-state index in [2.05, 4.69) is 20.2 Å². The number of piperidine rings is 1. The van der Waals surface area contributed by atoms with Crippen LogP contribution in [0.3, 0.4) is 0 Å². The van der Waals surface area contributed by atoms with Crippen LogP contribution < -0.4 is 19.7 Å². The molecule has 1 N–H and O–H groups in total. The summed E-state index contributed by atoms with van der Waals surface area (Å²) in [5, 5.41) is 3.02. The van der Waals surface area contributed by atoms with Crippen LogP contribution in [0.5, 0.6) is 11.5 Å². The number of benzene rings is 1. The highest BCUT2D eigenvalue weighted by atomic mass is 16.5. The van der Waals surface area contributed by atoms with E-state index in [1.54, 1.807) is 44.8 Å². The van der Waals surface area contributed by atoms with Crippen LogP contribution in [0.1, 0.15) is 23.2 Å². The van der Waals surface area contributed by atoms with Crippen molar-refractivity contribution in [3.05, 3.63) is 42.2 Å². The highest BCUT2D eigenvalue weighted by Gasteiger charge is 2.23. The van der Waals surface area contributed by atoms with Crippen molar-refractivity contribution in [1.29, 1.82) is 0 Å². The molecule has 0 atom stereocenters. The Morgan fingerprint density at radius 3 is 2.31 bits per heavy atom. The number of rotatable bonds is 6. The lowest BCUT2D eigenvalue weighted by Gasteiger charge is -2.32. The van der Waals surface area contributed by atoms with Crippen LogP contribution in [-0.2, 0) is 0 Å². The molecule has 0 spiro atoms. The van der Waals surface area contributed by atoms with Gasteiger partial charge in [-0.15, -0.1) is 0 Å². The molecule has 0 aliphatic carbocycles. The van der Waals surface area contributed by atoms with Gasteiger partial charge in [0.25, 0.3) is 5.91 Å². The number of hydrogen-bond acceptors (Lipinski definition) is 6. The summed E-state index contributed by atoms with van der Waals surface area (Å²) in [6, 6.07) is 7.14. The first-order valence-corrected chi connectivity index (χ1v) is 8.74. The van der Waals surface area contributed by atoms with E-state index < -0.39 is 0 Å². The van der Waals surface area contributed by atoms with Gasteiger partial charge in [0.05, 0.1) is 14.2 Å². The molecule has 1 aliphatic heterocycles. The number of amides is 1. The molecule has 2 aromatic rings. The molecule has 0 radical (unpaired) electrons. The number of aromatic nitrogens is 2. The second kappa shape index (κ2) is 8.51. The van der Waals surface area contributed by atoms with Gasteiger partial charge >= 0.3 is 0 Å². The largest absolute Gasteiger partial charge is 0.496 e. The molecular weight excluding hydrogens is 332 g/mol. The minimum atomic E-state index is -0.173. The molecule has 1 aromatic carbocycles. The summed E-state index contributed by atoms with van der Waals surface area (Å²) in [7, 11) is 3.10. The zero-order chi connectivity index (χ0) is 18.4. The van der Waals surface area contributed by atoms with Gasteiger partial charge in [-0.3, -0.25) is 4.79 Å². The van der Waals surface area contributed by atoms with E-state index in [4.69, 9.17) is 9.47 Å². The van der Waals surface area contributed by atoms with Gasteiger partial charge in [0.1, 0.15) is 17.1 Å². The third-order valence-electron chi connectivity index (χ3n) is 4.66. The highest BCUT2D eigenvalue weighted by molar-refractivity contribution is 5.99. The monoisotopic (exact) mass is 356 g/mol. The molecule has 1 amide bonds. The van der Waals surface area contributed by atoms with E-state index in [9.17, 15) is 4.79 Å². The summed E-state index contributed by atoms with van der Waals surface area (Å²) < 4.78 is 10.6. The Hall–Kier alpha value is -2.83. The predicted octanol–water partition coefficient (Wildman–Crippen LogP) is 2.14. The Kier molecular flexibility index (Phi) is 5.88. The molecule has 2 heterocycles. The van der Waals surface area contributed by atoms with Gasteiger partial charge in [-0.2, -0.15) is 0 Å². The van der Waals surface area contributed by atoms with Crippen molar-refractivity contribution >= 4 is 11.9 Å². The number of anilines is 1. The number of nitrogens with zero attached hydrogens (tertiary/aromatic N) is 3. The molecule has 1 aliphatic rings. The summed E-state index contributed by atoms with van der Waals surface area (Å²) in [5.41, 5.74) is 0.438. The third kappa shape index (κ3) is 4.04. The average molecular weight is 356 g/mol. The number of methoxy groups -OCH3 is 2. The fourth-order valence-corrected chi connectivity index (χ4v) is 3.19. The number of carbonyl (C=O) groups is 1. The second-order valence-corrected chi connectivity index (χ2v) is 6.23. The lowest BCUT2D eigenvalue weighted by atomic mass is 9.97. The lowest BCUT2D eigenvalue weighted by molar-refractivity contribution is 0.0938. The highest BCUT2D eigenvalue weighted by Crippen LogP contribution is 2.28. The van der Waals surface area contributed by atoms with Crippen LogP contribution >= 0.6 is 0 Å². The van der Waals surface area contributed by atoms with E-state index in [0.29, 0.717) is 29.5 Å². The van der Waals surface area contributed by atoms with Gasteiger partial charge in [-0.05, 0) is 37.0 Å². The molecule has 0 saturated carbocycles. The Morgan fingerprint density at radius 1 is 1.12 bits per heavy atom. The summed E-state index contributed by atoms with van der Waals surface area (Å²) >= 11 is 0. The first-order valence-electron chi connectivity index (χ1n) is 8.74. The third-order valence-corrected chi connectivity index (χ3v) is 4.66. The van der Waals surface area contributed by atoms with Crippen LogP contribution in [0.4, 0.5) is 5.95 Å². The van der Waals surface area contributed by atoms with Crippen LogP contribution in [-0.4, -0.2) is 49.7 Å². The molecule has 0 unspecified atom stereocenters. The smallest absolute Gasteiger partial charge is 0.258 e. The van der Waals surface area contributed by atoms with Crippen molar-refractivity contribution in [2.24, 2.45) is 5.92 Å². The molecule has 138 valence electrons. The maximum absolute atomic E-state index is 12.6. The number of hydrogen-bond donors (Lipinski definition) is 1. The van der Waals surface area contributed by atoms with Crippen molar-refractivity contribution in [2.45, 2.75) is 12.8 Å². The van der Waals surface area contributed by atoms with Gasteiger partial charge in [0.15, 0.2) is 0 Å². The summed E-state index contributed by atoms with van der Waals surface area (Å²) in [6.45, 7) is 2.41. The Labute approximate surface area is 153 Å². The predicted molar refractivity (Wildman–Crippen MR) is 98.8 cm³/mol. The van der Waals surface area contributed by atoms with Crippen LogP contribution in [0.15, 0.2) is 36.7 Å². The average Bonchev–Trinajstić information content (AvgIpc) is 2.72. The minimum Gasteiger partial charge on any atom is -0.496 e. The summed E-state index contributed by atoms with van der Waals surface area (Å²) in [6.07, 6.45) is 5.49.